The van der Waals surface area contributed by atoms with E-state index in [1.807, 2.05) is 0 Å². The van der Waals surface area contributed by atoms with Crippen LogP contribution >= 0.6 is 0 Å². The predicted octanol–water partition coefficient (Wildman–Crippen LogP) is 2.94. The number of hydrogen-bond acceptors (Lipinski definition) is 6. The maximum absolute atomic E-state index is 14.1. The van der Waals surface area contributed by atoms with Gasteiger partial charge in [-0.1, -0.05) is 0 Å². The number of ether oxygens (including phenoxy) is 2. The zero-order valence-electron chi connectivity index (χ0n) is 14.0. The van der Waals surface area contributed by atoms with Crippen LogP contribution < -0.4 is 20.5 Å². The Morgan fingerprint density at radius 2 is 1.88 bits per heavy atom. The number of amides is 1. The van der Waals surface area contributed by atoms with Gasteiger partial charge in [0.25, 0.3) is 5.91 Å². The zero-order chi connectivity index (χ0) is 18.8. The average Bonchev–Trinajstić information content (AvgIpc) is 2.62. The standard InChI is InChI=1S/C18H16FN3O4/c1-25-15-6-10-14(7-16(15)26-2)21-8-11(18(20)24)17(10)22-13-4-3-9(23)5-12(13)19/h3-8,23H,1-2H3,(H2,20,24)(H,21,22). The molecule has 7 nitrogen and oxygen atoms in total. The quantitative estimate of drug-likeness (QED) is 0.606. The maximum atomic E-state index is 14.1. The number of methoxy groups -OCH3 is 2. The fourth-order valence-electron chi connectivity index (χ4n) is 2.58. The first kappa shape index (κ1) is 17.3. The summed E-state index contributed by atoms with van der Waals surface area (Å²) >= 11 is 0. The van der Waals surface area contributed by atoms with E-state index in [1.165, 1.54) is 32.5 Å². The Hall–Kier alpha value is -3.55. The minimum atomic E-state index is -0.726. The molecule has 26 heavy (non-hydrogen) atoms. The molecule has 0 aliphatic carbocycles. The Balaban J connectivity index is 2.25. The third kappa shape index (κ3) is 3.04. The number of carbonyl (C=O) groups excluding carboxylic acids is 1. The smallest absolute Gasteiger partial charge is 0.252 e. The van der Waals surface area contributed by atoms with E-state index in [4.69, 9.17) is 15.2 Å². The summed E-state index contributed by atoms with van der Waals surface area (Å²) < 4.78 is 24.7. The molecule has 0 radical (unpaired) electrons. The number of anilines is 2. The largest absolute Gasteiger partial charge is 0.508 e. The van der Waals surface area contributed by atoms with Crippen molar-refractivity contribution in [3.63, 3.8) is 0 Å². The molecule has 1 aromatic heterocycles. The van der Waals surface area contributed by atoms with Gasteiger partial charge in [-0.25, -0.2) is 4.39 Å². The molecular formula is C18H16FN3O4. The number of pyridine rings is 1. The lowest BCUT2D eigenvalue weighted by Gasteiger charge is -2.16. The number of phenols is 1. The van der Waals surface area contributed by atoms with Gasteiger partial charge in [0.1, 0.15) is 11.6 Å². The second-order valence-corrected chi connectivity index (χ2v) is 5.42. The highest BCUT2D eigenvalue weighted by Crippen LogP contribution is 2.37. The van der Waals surface area contributed by atoms with Gasteiger partial charge in [0.15, 0.2) is 11.5 Å². The van der Waals surface area contributed by atoms with Crippen molar-refractivity contribution in [1.29, 1.82) is 0 Å². The lowest BCUT2D eigenvalue weighted by atomic mass is 10.1. The van der Waals surface area contributed by atoms with Gasteiger partial charge < -0.3 is 25.6 Å². The second kappa shape index (κ2) is 6.75. The highest BCUT2D eigenvalue weighted by atomic mass is 19.1. The van der Waals surface area contributed by atoms with Crippen molar-refractivity contribution in [2.45, 2.75) is 0 Å². The molecule has 0 spiro atoms. The molecule has 0 bridgehead atoms. The van der Waals surface area contributed by atoms with Crippen LogP contribution in [0.4, 0.5) is 15.8 Å². The molecule has 1 heterocycles. The highest BCUT2D eigenvalue weighted by Gasteiger charge is 2.18. The summed E-state index contributed by atoms with van der Waals surface area (Å²) in [6.45, 7) is 0. The summed E-state index contributed by atoms with van der Waals surface area (Å²) in [4.78, 5) is 16.0. The molecule has 4 N–H and O–H groups in total. The van der Waals surface area contributed by atoms with E-state index in [0.29, 0.717) is 22.4 Å². The monoisotopic (exact) mass is 357 g/mol. The fourth-order valence-corrected chi connectivity index (χ4v) is 2.58. The second-order valence-electron chi connectivity index (χ2n) is 5.42. The van der Waals surface area contributed by atoms with Crippen molar-refractivity contribution in [3.05, 3.63) is 47.9 Å². The van der Waals surface area contributed by atoms with Gasteiger partial charge in [-0.05, 0) is 18.2 Å². The molecule has 8 heteroatoms. The fraction of sp³-hybridized carbons (Fsp3) is 0.111. The van der Waals surface area contributed by atoms with Crippen LogP contribution in [0.5, 0.6) is 17.2 Å². The molecule has 0 aliphatic heterocycles. The van der Waals surface area contributed by atoms with Gasteiger partial charge in [-0.3, -0.25) is 9.78 Å². The van der Waals surface area contributed by atoms with E-state index in [1.54, 1.807) is 12.1 Å². The zero-order valence-corrected chi connectivity index (χ0v) is 14.0. The molecule has 0 aliphatic rings. The number of rotatable bonds is 5. The SMILES string of the molecule is COc1cc2ncc(C(N)=O)c(Nc3ccc(O)cc3F)c2cc1OC. The lowest BCUT2D eigenvalue weighted by Crippen LogP contribution is -2.14. The number of carbonyl (C=O) groups is 1. The van der Waals surface area contributed by atoms with Crippen LogP contribution in [-0.2, 0) is 0 Å². The summed E-state index contributed by atoms with van der Waals surface area (Å²) in [5.74, 6) is -0.755. The Labute approximate surface area is 148 Å². The van der Waals surface area contributed by atoms with Crippen molar-refractivity contribution in [1.82, 2.24) is 4.98 Å². The van der Waals surface area contributed by atoms with E-state index < -0.39 is 11.7 Å². The third-order valence-electron chi connectivity index (χ3n) is 3.85. The molecule has 0 atom stereocenters. The van der Waals surface area contributed by atoms with E-state index in [2.05, 4.69) is 10.3 Å². The average molecular weight is 357 g/mol. The van der Waals surface area contributed by atoms with Crippen LogP contribution in [0.2, 0.25) is 0 Å². The van der Waals surface area contributed by atoms with Crippen molar-refractivity contribution in [2.24, 2.45) is 5.73 Å². The number of nitrogens with zero attached hydrogens (tertiary/aromatic N) is 1. The van der Waals surface area contributed by atoms with Crippen molar-refractivity contribution in [2.75, 3.05) is 19.5 Å². The first-order chi connectivity index (χ1) is 12.4. The molecule has 2 aromatic carbocycles. The van der Waals surface area contributed by atoms with Crippen molar-refractivity contribution < 1.29 is 23.8 Å². The number of phenolic OH excluding ortho intramolecular Hbond substituents is 1. The molecule has 0 fully saturated rings. The normalized spacial score (nSPS) is 10.6. The van der Waals surface area contributed by atoms with E-state index in [9.17, 15) is 14.3 Å². The number of halogens is 1. The Kier molecular flexibility index (Phi) is 4.49. The van der Waals surface area contributed by atoms with Crippen LogP contribution in [0.3, 0.4) is 0 Å². The van der Waals surface area contributed by atoms with Gasteiger partial charge in [-0.2, -0.15) is 0 Å². The molecule has 0 saturated heterocycles. The van der Waals surface area contributed by atoms with Crippen LogP contribution in [0, 0.1) is 5.82 Å². The first-order valence-corrected chi connectivity index (χ1v) is 7.54. The summed E-state index contributed by atoms with van der Waals surface area (Å²) in [6.07, 6.45) is 1.30. The van der Waals surface area contributed by atoms with Gasteiger partial charge in [0, 0.05) is 23.7 Å². The number of aromatic hydroxyl groups is 1. The number of nitrogens with one attached hydrogen (secondary N) is 1. The van der Waals surface area contributed by atoms with Crippen LogP contribution in [-0.4, -0.2) is 30.2 Å². The first-order valence-electron chi connectivity index (χ1n) is 7.54. The number of fused-ring (bicyclic) bond motifs is 1. The Bertz CT molecular complexity index is 1010. The molecule has 0 unspecified atom stereocenters. The topological polar surface area (TPSA) is 107 Å². The van der Waals surface area contributed by atoms with E-state index in [0.717, 1.165) is 6.07 Å². The number of aromatic nitrogens is 1. The summed E-state index contributed by atoms with van der Waals surface area (Å²) in [7, 11) is 2.97. The molecule has 1 amide bonds. The summed E-state index contributed by atoms with van der Waals surface area (Å²) in [6, 6.07) is 6.88. The van der Waals surface area contributed by atoms with Crippen LogP contribution in [0.1, 0.15) is 10.4 Å². The van der Waals surface area contributed by atoms with Crippen molar-refractivity contribution >= 4 is 28.2 Å². The van der Waals surface area contributed by atoms with Gasteiger partial charge in [0.2, 0.25) is 0 Å². The van der Waals surface area contributed by atoms with Crippen molar-refractivity contribution in [3.8, 4) is 17.2 Å². The van der Waals surface area contributed by atoms with Gasteiger partial charge in [-0.15, -0.1) is 0 Å². The molecule has 134 valence electrons. The molecular weight excluding hydrogens is 341 g/mol. The Morgan fingerprint density at radius 1 is 1.19 bits per heavy atom. The Morgan fingerprint density at radius 3 is 2.50 bits per heavy atom. The van der Waals surface area contributed by atoms with Gasteiger partial charge >= 0.3 is 0 Å². The number of primary amides is 1. The minimum Gasteiger partial charge on any atom is -0.508 e. The third-order valence-corrected chi connectivity index (χ3v) is 3.85. The van der Waals surface area contributed by atoms with E-state index in [-0.39, 0.29) is 22.7 Å². The molecule has 3 rings (SSSR count). The molecule has 3 aromatic rings. The maximum Gasteiger partial charge on any atom is 0.252 e. The van der Waals surface area contributed by atoms with Crippen LogP contribution in [0.15, 0.2) is 36.5 Å². The van der Waals surface area contributed by atoms with Gasteiger partial charge in [0.05, 0.1) is 36.7 Å². The number of benzene rings is 2. The number of nitrogens with two attached hydrogens (primary N) is 1. The van der Waals surface area contributed by atoms with Crippen LogP contribution in [0.25, 0.3) is 10.9 Å². The lowest BCUT2D eigenvalue weighted by molar-refractivity contribution is 0.100. The minimum absolute atomic E-state index is 0.0626. The predicted molar refractivity (Wildman–Crippen MR) is 94.7 cm³/mol. The summed E-state index contributed by atoms with van der Waals surface area (Å²) in [5, 5.41) is 12.7. The molecule has 0 saturated carbocycles. The number of hydrogen-bond donors (Lipinski definition) is 3. The highest BCUT2D eigenvalue weighted by molar-refractivity contribution is 6.08. The van der Waals surface area contributed by atoms with E-state index >= 15 is 0 Å². The summed E-state index contributed by atoms with van der Waals surface area (Å²) in [5.41, 5.74) is 6.35.